The SMILES string of the molecule is O=C(Cc1ccc(Cl)c(Cl)c1)C1(CN2CCCCC2)NCCc2[nH]c3ccccc3c21. The number of para-hydroxylation sites is 1. The largest absolute Gasteiger partial charge is 0.358 e. The van der Waals surface area contributed by atoms with Crippen LogP contribution in [0.3, 0.4) is 0 Å². The van der Waals surface area contributed by atoms with Crippen LogP contribution in [0.25, 0.3) is 10.9 Å². The second-order valence-corrected chi connectivity index (χ2v) is 9.61. The molecular weight excluding hydrogens is 429 g/mol. The van der Waals surface area contributed by atoms with Crippen LogP contribution in [0.4, 0.5) is 0 Å². The lowest BCUT2D eigenvalue weighted by Crippen LogP contribution is -2.60. The van der Waals surface area contributed by atoms with E-state index in [1.54, 1.807) is 6.07 Å². The Bertz CT molecular complexity index is 1120. The van der Waals surface area contributed by atoms with Gasteiger partial charge >= 0.3 is 0 Å². The van der Waals surface area contributed by atoms with Crippen molar-refractivity contribution in [1.29, 1.82) is 0 Å². The number of aromatic amines is 1. The summed E-state index contributed by atoms with van der Waals surface area (Å²) in [5.74, 6) is 0.183. The number of rotatable bonds is 5. The molecule has 5 rings (SSSR count). The van der Waals surface area contributed by atoms with Crippen molar-refractivity contribution in [2.45, 2.75) is 37.6 Å². The number of aromatic nitrogens is 1. The van der Waals surface area contributed by atoms with Gasteiger partial charge in [0.25, 0.3) is 0 Å². The van der Waals surface area contributed by atoms with Crippen molar-refractivity contribution in [3.63, 3.8) is 0 Å². The maximum absolute atomic E-state index is 14.1. The zero-order chi connectivity index (χ0) is 21.4. The van der Waals surface area contributed by atoms with Gasteiger partial charge in [0.1, 0.15) is 5.54 Å². The molecule has 0 radical (unpaired) electrons. The predicted octanol–water partition coefficient (Wildman–Crippen LogP) is 5.11. The van der Waals surface area contributed by atoms with Crippen LogP contribution in [0, 0.1) is 0 Å². The molecule has 162 valence electrons. The molecule has 2 aromatic carbocycles. The molecule has 31 heavy (non-hydrogen) atoms. The van der Waals surface area contributed by atoms with Gasteiger partial charge in [-0.2, -0.15) is 0 Å². The predicted molar refractivity (Wildman–Crippen MR) is 127 cm³/mol. The molecule has 1 atom stereocenters. The number of Topliss-reactive ketones (excluding diaryl/α,β-unsaturated/α-hetero) is 1. The number of H-pyrrole nitrogens is 1. The van der Waals surface area contributed by atoms with Gasteiger partial charge in [0, 0.05) is 48.1 Å². The lowest BCUT2D eigenvalue weighted by molar-refractivity contribution is -0.126. The molecule has 1 aromatic heterocycles. The van der Waals surface area contributed by atoms with Gasteiger partial charge in [-0.15, -0.1) is 0 Å². The number of hydrogen-bond donors (Lipinski definition) is 2. The smallest absolute Gasteiger partial charge is 0.163 e. The summed E-state index contributed by atoms with van der Waals surface area (Å²) in [6.45, 7) is 3.56. The second-order valence-electron chi connectivity index (χ2n) is 8.79. The van der Waals surface area contributed by atoms with E-state index in [4.69, 9.17) is 23.2 Å². The maximum atomic E-state index is 14.1. The quantitative estimate of drug-likeness (QED) is 0.561. The first-order valence-electron chi connectivity index (χ1n) is 11.1. The van der Waals surface area contributed by atoms with Crippen LogP contribution < -0.4 is 5.32 Å². The number of fused-ring (bicyclic) bond motifs is 3. The zero-order valence-corrected chi connectivity index (χ0v) is 19.0. The number of likely N-dealkylation sites (tertiary alicyclic amines) is 1. The highest BCUT2D eigenvalue weighted by atomic mass is 35.5. The maximum Gasteiger partial charge on any atom is 0.163 e. The molecule has 3 heterocycles. The highest BCUT2D eigenvalue weighted by Gasteiger charge is 2.46. The molecule has 3 aromatic rings. The van der Waals surface area contributed by atoms with Gasteiger partial charge < -0.3 is 9.88 Å². The van der Waals surface area contributed by atoms with E-state index in [1.165, 1.54) is 25.0 Å². The van der Waals surface area contributed by atoms with E-state index in [0.717, 1.165) is 48.1 Å². The molecule has 2 aliphatic rings. The van der Waals surface area contributed by atoms with Crippen molar-refractivity contribution in [2.24, 2.45) is 0 Å². The third kappa shape index (κ3) is 3.91. The molecule has 0 amide bonds. The molecule has 2 aliphatic heterocycles. The number of nitrogens with one attached hydrogen (secondary N) is 2. The fourth-order valence-electron chi connectivity index (χ4n) is 5.26. The molecule has 0 bridgehead atoms. The molecular formula is C25H27Cl2N3O. The van der Waals surface area contributed by atoms with Crippen LogP contribution in [-0.2, 0) is 23.2 Å². The summed E-state index contributed by atoms with van der Waals surface area (Å²) in [5.41, 5.74) is 3.56. The third-order valence-corrected chi connectivity index (χ3v) is 7.49. The molecule has 1 unspecified atom stereocenters. The number of benzene rings is 2. The van der Waals surface area contributed by atoms with Crippen LogP contribution >= 0.6 is 23.2 Å². The summed E-state index contributed by atoms with van der Waals surface area (Å²) in [6.07, 6.45) is 4.87. The highest BCUT2D eigenvalue weighted by molar-refractivity contribution is 6.42. The molecule has 0 spiro atoms. The summed E-state index contributed by atoms with van der Waals surface area (Å²) in [7, 11) is 0. The molecule has 2 N–H and O–H groups in total. The number of hydrogen-bond acceptors (Lipinski definition) is 3. The van der Waals surface area contributed by atoms with E-state index in [1.807, 2.05) is 18.2 Å². The Morgan fingerprint density at radius 1 is 1.03 bits per heavy atom. The lowest BCUT2D eigenvalue weighted by Gasteiger charge is -2.42. The number of halogens is 2. The third-order valence-electron chi connectivity index (χ3n) is 6.75. The average molecular weight is 456 g/mol. The van der Waals surface area contributed by atoms with Crippen molar-refractivity contribution < 1.29 is 4.79 Å². The fourth-order valence-corrected chi connectivity index (χ4v) is 5.58. The van der Waals surface area contributed by atoms with Gasteiger partial charge in [-0.05, 0) is 49.7 Å². The lowest BCUT2D eigenvalue weighted by atomic mass is 9.78. The molecule has 1 fully saturated rings. The average Bonchev–Trinajstić information content (AvgIpc) is 3.17. The van der Waals surface area contributed by atoms with E-state index >= 15 is 0 Å². The highest BCUT2D eigenvalue weighted by Crippen LogP contribution is 2.38. The van der Waals surface area contributed by atoms with Gasteiger partial charge in [-0.3, -0.25) is 10.1 Å². The van der Waals surface area contributed by atoms with E-state index in [2.05, 4.69) is 33.4 Å². The summed E-state index contributed by atoms with van der Waals surface area (Å²) >= 11 is 12.3. The summed E-state index contributed by atoms with van der Waals surface area (Å²) < 4.78 is 0. The van der Waals surface area contributed by atoms with Gasteiger partial charge in [-0.25, -0.2) is 0 Å². The normalized spacial score (nSPS) is 21.9. The minimum atomic E-state index is -0.739. The Morgan fingerprint density at radius 3 is 2.65 bits per heavy atom. The Kier molecular flexibility index (Phi) is 5.82. The van der Waals surface area contributed by atoms with Crippen LogP contribution in [0.2, 0.25) is 10.0 Å². The van der Waals surface area contributed by atoms with Gasteiger partial charge in [-0.1, -0.05) is 53.9 Å². The number of carbonyl (C=O) groups is 1. The van der Waals surface area contributed by atoms with Gasteiger partial charge in [0.2, 0.25) is 0 Å². The Labute approximate surface area is 192 Å². The van der Waals surface area contributed by atoms with Gasteiger partial charge in [0.05, 0.1) is 10.0 Å². The summed E-state index contributed by atoms with van der Waals surface area (Å²) in [5, 5.41) is 5.83. The van der Waals surface area contributed by atoms with Gasteiger partial charge in [0.15, 0.2) is 5.78 Å². The summed E-state index contributed by atoms with van der Waals surface area (Å²) in [6, 6.07) is 13.8. The van der Waals surface area contributed by atoms with Crippen molar-refractivity contribution in [2.75, 3.05) is 26.2 Å². The molecule has 0 saturated carbocycles. The Hall–Kier alpha value is -1.85. The van der Waals surface area contributed by atoms with E-state index < -0.39 is 5.54 Å². The first-order chi connectivity index (χ1) is 15.1. The Balaban J connectivity index is 1.59. The van der Waals surface area contributed by atoms with Crippen LogP contribution in [0.1, 0.15) is 36.1 Å². The van der Waals surface area contributed by atoms with Crippen molar-refractivity contribution in [3.8, 4) is 0 Å². The van der Waals surface area contributed by atoms with E-state index in [0.29, 0.717) is 23.0 Å². The van der Waals surface area contributed by atoms with Crippen molar-refractivity contribution in [1.82, 2.24) is 15.2 Å². The molecule has 1 saturated heterocycles. The molecule has 0 aliphatic carbocycles. The standard InChI is InChI=1S/C25H27Cl2N3O/c26-19-9-8-17(14-20(19)27)15-23(31)25(16-30-12-4-1-5-13-30)24-18-6-2-3-7-21(18)29-22(24)10-11-28-25/h2-3,6-9,14,28-29H,1,4-5,10-13,15-16H2. The summed E-state index contributed by atoms with van der Waals surface area (Å²) in [4.78, 5) is 20.1. The van der Waals surface area contributed by atoms with Crippen molar-refractivity contribution >= 4 is 39.9 Å². The number of piperidine rings is 1. The van der Waals surface area contributed by atoms with Crippen LogP contribution in [-0.4, -0.2) is 41.8 Å². The first kappa shape index (κ1) is 21.0. The first-order valence-corrected chi connectivity index (χ1v) is 11.9. The van der Waals surface area contributed by atoms with Crippen LogP contribution in [0.15, 0.2) is 42.5 Å². The monoisotopic (exact) mass is 455 g/mol. The minimum absolute atomic E-state index is 0.183. The van der Waals surface area contributed by atoms with Crippen LogP contribution in [0.5, 0.6) is 0 Å². The van der Waals surface area contributed by atoms with Crippen molar-refractivity contribution in [3.05, 3.63) is 69.3 Å². The fraction of sp³-hybridized carbons (Fsp3) is 0.400. The zero-order valence-electron chi connectivity index (χ0n) is 17.5. The Morgan fingerprint density at radius 2 is 1.84 bits per heavy atom. The minimum Gasteiger partial charge on any atom is -0.358 e. The number of nitrogens with zero attached hydrogens (tertiary/aromatic N) is 1. The van der Waals surface area contributed by atoms with E-state index in [9.17, 15) is 4.79 Å². The number of ketones is 1. The second kappa shape index (κ2) is 8.59. The molecule has 6 heteroatoms. The van der Waals surface area contributed by atoms with E-state index in [-0.39, 0.29) is 5.78 Å². The number of carbonyl (C=O) groups excluding carboxylic acids is 1. The molecule has 4 nitrogen and oxygen atoms in total. The topological polar surface area (TPSA) is 48.1 Å².